The van der Waals surface area contributed by atoms with Crippen LogP contribution < -0.4 is 4.74 Å². The number of benzene rings is 1. The Morgan fingerprint density at radius 1 is 1.37 bits per heavy atom. The van der Waals surface area contributed by atoms with Gasteiger partial charge in [-0.15, -0.1) is 19.6 Å². The standard InChI is InChI=1S/C13H12F3NO2/c1-3-9-17(4-2)12(18)10-5-7-11(8-6-10)19-13(14,15)16/h1,5-8H,4,9H2,2H3. The van der Waals surface area contributed by atoms with Gasteiger partial charge < -0.3 is 9.64 Å². The van der Waals surface area contributed by atoms with Crippen molar-refractivity contribution in [2.45, 2.75) is 13.3 Å². The minimum atomic E-state index is -4.75. The molecule has 1 rings (SSSR count). The predicted octanol–water partition coefficient (Wildman–Crippen LogP) is 2.68. The van der Waals surface area contributed by atoms with Gasteiger partial charge in [-0.3, -0.25) is 4.79 Å². The van der Waals surface area contributed by atoms with Crippen LogP contribution >= 0.6 is 0 Å². The number of carbonyl (C=O) groups excluding carboxylic acids is 1. The molecule has 0 N–H and O–H groups in total. The van der Waals surface area contributed by atoms with Crippen molar-refractivity contribution in [2.24, 2.45) is 0 Å². The molecule has 0 radical (unpaired) electrons. The number of carbonyl (C=O) groups is 1. The highest BCUT2D eigenvalue weighted by Crippen LogP contribution is 2.23. The van der Waals surface area contributed by atoms with Crippen molar-refractivity contribution in [1.82, 2.24) is 4.90 Å². The lowest BCUT2D eigenvalue weighted by atomic mass is 10.2. The molecule has 0 atom stereocenters. The second kappa shape index (κ2) is 6.14. The summed E-state index contributed by atoms with van der Waals surface area (Å²) in [7, 11) is 0. The lowest BCUT2D eigenvalue weighted by molar-refractivity contribution is -0.274. The summed E-state index contributed by atoms with van der Waals surface area (Å²) in [5, 5.41) is 0. The van der Waals surface area contributed by atoms with Crippen LogP contribution in [0.3, 0.4) is 0 Å². The number of rotatable bonds is 4. The van der Waals surface area contributed by atoms with Crippen LogP contribution in [0.25, 0.3) is 0 Å². The minimum absolute atomic E-state index is 0.149. The average molecular weight is 271 g/mol. The van der Waals surface area contributed by atoms with Crippen LogP contribution in [0.15, 0.2) is 24.3 Å². The summed E-state index contributed by atoms with van der Waals surface area (Å²) in [6.07, 6.45) is 0.380. The van der Waals surface area contributed by atoms with E-state index in [0.29, 0.717) is 6.54 Å². The van der Waals surface area contributed by atoms with Crippen LogP contribution in [-0.4, -0.2) is 30.3 Å². The molecule has 0 aromatic heterocycles. The molecule has 1 aromatic rings. The van der Waals surface area contributed by atoms with Crippen molar-refractivity contribution in [1.29, 1.82) is 0 Å². The van der Waals surface area contributed by atoms with Gasteiger partial charge in [0.25, 0.3) is 5.91 Å². The number of alkyl halides is 3. The Morgan fingerprint density at radius 2 is 1.95 bits per heavy atom. The molecule has 0 heterocycles. The molecule has 0 aliphatic carbocycles. The summed E-state index contributed by atoms with van der Waals surface area (Å²) < 4.78 is 39.6. The van der Waals surface area contributed by atoms with Crippen LogP contribution in [0.1, 0.15) is 17.3 Å². The van der Waals surface area contributed by atoms with Gasteiger partial charge in [-0.2, -0.15) is 0 Å². The zero-order valence-electron chi connectivity index (χ0n) is 10.2. The maximum atomic E-state index is 12.0. The van der Waals surface area contributed by atoms with Crippen LogP contribution in [0, 0.1) is 12.3 Å². The van der Waals surface area contributed by atoms with E-state index in [2.05, 4.69) is 10.7 Å². The third-order valence-corrected chi connectivity index (χ3v) is 2.29. The number of ether oxygens (including phenoxy) is 1. The quantitative estimate of drug-likeness (QED) is 0.788. The van der Waals surface area contributed by atoms with Crippen LogP contribution in [0.2, 0.25) is 0 Å². The Morgan fingerprint density at radius 3 is 2.37 bits per heavy atom. The van der Waals surface area contributed by atoms with Gasteiger partial charge in [0, 0.05) is 12.1 Å². The molecule has 0 saturated carbocycles. The van der Waals surface area contributed by atoms with Gasteiger partial charge in [-0.05, 0) is 31.2 Å². The smallest absolute Gasteiger partial charge is 0.406 e. The van der Waals surface area contributed by atoms with Crippen LogP contribution in [0.4, 0.5) is 13.2 Å². The molecule has 0 aliphatic rings. The maximum Gasteiger partial charge on any atom is 0.573 e. The number of hydrogen-bond acceptors (Lipinski definition) is 2. The molecule has 19 heavy (non-hydrogen) atoms. The first kappa shape index (κ1) is 14.9. The first-order chi connectivity index (χ1) is 8.87. The average Bonchev–Trinajstić information content (AvgIpc) is 2.34. The lowest BCUT2D eigenvalue weighted by Gasteiger charge is -2.18. The normalized spacial score (nSPS) is 10.7. The summed E-state index contributed by atoms with van der Waals surface area (Å²) >= 11 is 0. The number of nitrogens with zero attached hydrogens (tertiary/aromatic N) is 1. The second-order valence-corrected chi connectivity index (χ2v) is 3.60. The Kier molecular flexibility index (Phi) is 4.81. The van der Waals surface area contributed by atoms with E-state index >= 15 is 0 Å². The number of amides is 1. The van der Waals surface area contributed by atoms with E-state index in [1.165, 1.54) is 17.0 Å². The third kappa shape index (κ3) is 4.54. The second-order valence-electron chi connectivity index (χ2n) is 3.60. The zero-order chi connectivity index (χ0) is 14.5. The molecular formula is C13H12F3NO2. The van der Waals surface area contributed by atoms with Crippen molar-refractivity contribution in [3.63, 3.8) is 0 Å². The monoisotopic (exact) mass is 271 g/mol. The first-order valence-electron chi connectivity index (χ1n) is 5.46. The molecule has 1 aromatic carbocycles. The van der Waals surface area contributed by atoms with Crippen LogP contribution in [-0.2, 0) is 0 Å². The summed E-state index contributed by atoms with van der Waals surface area (Å²) in [4.78, 5) is 13.3. The van der Waals surface area contributed by atoms with Gasteiger partial charge in [-0.1, -0.05) is 5.92 Å². The molecule has 3 nitrogen and oxygen atoms in total. The SMILES string of the molecule is C#CCN(CC)C(=O)c1ccc(OC(F)(F)F)cc1. The first-order valence-corrected chi connectivity index (χ1v) is 5.46. The summed E-state index contributed by atoms with van der Waals surface area (Å²) in [6, 6.07) is 4.71. The fourth-order valence-electron chi connectivity index (χ4n) is 1.42. The number of terminal acetylenes is 1. The van der Waals surface area contributed by atoms with Crippen molar-refractivity contribution in [3.05, 3.63) is 29.8 Å². The highest BCUT2D eigenvalue weighted by Gasteiger charge is 2.31. The Hall–Kier alpha value is -2.16. The summed E-state index contributed by atoms with van der Waals surface area (Å²) in [5.41, 5.74) is 0.256. The Bertz CT molecular complexity index is 474. The van der Waals surface area contributed by atoms with E-state index in [1.54, 1.807) is 6.92 Å². The largest absolute Gasteiger partial charge is 0.573 e. The molecule has 0 fully saturated rings. The Labute approximate surface area is 109 Å². The predicted molar refractivity (Wildman–Crippen MR) is 63.5 cm³/mol. The molecule has 102 valence electrons. The highest BCUT2D eigenvalue weighted by molar-refractivity contribution is 5.94. The molecule has 0 saturated heterocycles. The molecule has 1 amide bonds. The van der Waals surface area contributed by atoms with E-state index in [4.69, 9.17) is 6.42 Å². The number of halogens is 3. The van der Waals surface area contributed by atoms with Crippen LogP contribution in [0.5, 0.6) is 5.75 Å². The molecule has 0 spiro atoms. The van der Waals surface area contributed by atoms with Gasteiger partial charge in [0.1, 0.15) is 5.75 Å². The van der Waals surface area contributed by atoms with Gasteiger partial charge in [0.15, 0.2) is 0 Å². The fourth-order valence-corrected chi connectivity index (χ4v) is 1.42. The Balaban J connectivity index is 2.81. The maximum absolute atomic E-state index is 12.0. The number of hydrogen-bond donors (Lipinski definition) is 0. The molecular weight excluding hydrogens is 259 g/mol. The van der Waals surface area contributed by atoms with E-state index in [0.717, 1.165) is 12.1 Å². The molecule has 0 aliphatic heterocycles. The third-order valence-electron chi connectivity index (χ3n) is 2.29. The molecule has 0 bridgehead atoms. The zero-order valence-corrected chi connectivity index (χ0v) is 10.2. The van der Waals surface area contributed by atoms with Gasteiger partial charge in [0.2, 0.25) is 0 Å². The highest BCUT2D eigenvalue weighted by atomic mass is 19.4. The van der Waals surface area contributed by atoms with E-state index in [1.807, 2.05) is 0 Å². The van der Waals surface area contributed by atoms with Crippen molar-refractivity contribution < 1.29 is 22.7 Å². The van der Waals surface area contributed by atoms with Crippen molar-refractivity contribution >= 4 is 5.91 Å². The van der Waals surface area contributed by atoms with E-state index in [-0.39, 0.29) is 23.8 Å². The minimum Gasteiger partial charge on any atom is -0.406 e. The molecule has 6 heteroatoms. The topological polar surface area (TPSA) is 29.5 Å². The summed E-state index contributed by atoms with van der Waals surface area (Å²) in [5.74, 6) is 1.64. The van der Waals surface area contributed by atoms with Gasteiger partial charge >= 0.3 is 6.36 Å². The van der Waals surface area contributed by atoms with E-state index < -0.39 is 6.36 Å². The molecule has 0 unspecified atom stereocenters. The van der Waals surface area contributed by atoms with Gasteiger partial charge in [0.05, 0.1) is 6.54 Å². The van der Waals surface area contributed by atoms with Crippen molar-refractivity contribution in [2.75, 3.05) is 13.1 Å². The summed E-state index contributed by atoms with van der Waals surface area (Å²) in [6.45, 7) is 2.33. The van der Waals surface area contributed by atoms with Crippen molar-refractivity contribution in [3.8, 4) is 18.1 Å². The van der Waals surface area contributed by atoms with Gasteiger partial charge in [-0.25, -0.2) is 0 Å². The lowest BCUT2D eigenvalue weighted by Crippen LogP contribution is -2.31. The van der Waals surface area contributed by atoms with E-state index in [9.17, 15) is 18.0 Å². The fraction of sp³-hybridized carbons (Fsp3) is 0.308.